The third-order valence-corrected chi connectivity index (χ3v) is 10.7. The van der Waals surface area contributed by atoms with E-state index >= 15 is 0 Å². The number of hydrogen-bond acceptors (Lipinski definition) is 6. The van der Waals surface area contributed by atoms with E-state index in [-0.39, 0.29) is 32.7 Å². The monoisotopic (exact) mass is 617 g/mol. The molecule has 0 aromatic heterocycles. The van der Waals surface area contributed by atoms with E-state index in [0.29, 0.717) is 5.56 Å². The molecule has 2 saturated carbocycles. The van der Waals surface area contributed by atoms with Crippen LogP contribution in [0.5, 0.6) is 0 Å². The first-order chi connectivity index (χ1) is 17.1. The Kier molecular flexibility index (Phi) is 6.32. The summed E-state index contributed by atoms with van der Waals surface area (Å²) in [5.74, 6) is -3.48. The van der Waals surface area contributed by atoms with Gasteiger partial charge in [-0.25, -0.2) is 5.01 Å². The molecule has 0 unspecified atom stereocenters. The van der Waals surface area contributed by atoms with Crippen LogP contribution in [-0.2, 0) is 9.59 Å². The summed E-state index contributed by atoms with van der Waals surface area (Å²) in [5.41, 5.74) is 0.134. The number of ketones is 1. The average Bonchev–Trinajstić information content (AvgIpc) is 3.50. The second-order valence-corrected chi connectivity index (χ2v) is 11.5. The van der Waals surface area contributed by atoms with E-state index in [0.717, 1.165) is 16.4 Å². The Morgan fingerprint density at radius 2 is 1.47 bits per heavy atom. The van der Waals surface area contributed by atoms with Gasteiger partial charge < -0.3 is 0 Å². The lowest BCUT2D eigenvalue weighted by molar-refractivity contribution is -0.384. The van der Waals surface area contributed by atoms with E-state index in [9.17, 15) is 29.3 Å². The van der Waals surface area contributed by atoms with Gasteiger partial charge >= 0.3 is 0 Å². The quantitative estimate of drug-likeness (QED) is 0.159. The molecule has 2 bridgehead atoms. The van der Waals surface area contributed by atoms with Crippen molar-refractivity contribution in [3.05, 3.63) is 75.8 Å². The van der Waals surface area contributed by atoms with Gasteiger partial charge in [0.25, 0.3) is 23.4 Å². The number of nitro benzene ring substituents is 1. The van der Waals surface area contributed by atoms with Crippen molar-refractivity contribution in [1.29, 1.82) is 0 Å². The molecule has 0 N–H and O–H groups in total. The van der Waals surface area contributed by atoms with Crippen molar-refractivity contribution >= 4 is 61.1 Å². The van der Waals surface area contributed by atoms with E-state index in [1.165, 1.54) is 31.2 Å². The van der Waals surface area contributed by atoms with Gasteiger partial charge in [0, 0.05) is 32.9 Å². The molecule has 3 fully saturated rings. The summed E-state index contributed by atoms with van der Waals surface area (Å²) in [6, 6.07) is 12.0. The normalized spacial score (nSPS) is 29.2. The number of hydrogen-bond donors (Lipinski definition) is 0. The fourth-order valence-corrected chi connectivity index (χ4v) is 7.67. The van der Waals surface area contributed by atoms with Gasteiger partial charge in [-0.2, -0.15) is 5.01 Å². The van der Waals surface area contributed by atoms with Gasteiger partial charge in [0.2, 0.25) is 0 Å². The first kappa shape index (κ1) is 24.8. The molecule has 3 aliphatic rings. The molecule has 1 saturated heterocycles. The highest BCUT2D eigenvalue weighted by molar-refractivity contribution is 9.12. The Morgan fingerprint density at radius 1 is 0.944 bits per heavy atom. The van der Waals surface area contributed by atoms with Crippen LogP contribution in [-0.4, -0.2) is 54.1 Å². The molecule has 7 atom stereocenters. The number of carbonyl (C=O) groups excluding carboxylic acids is 4. The molecule has 2 aromatic rings. The van der Waals surface area contributed by atoms with E-state index in [1.807, 2.05) is 0 Å². The zero-order valence-corrected chi connectivity index (χ0v) is 22.2. The zero-order chi connectivity index (χ0) is 25.9. The third-order valence-electron chi connectivity index (χ3n) is 7.52. The van der Waals surface area contributed by atoms with Crippen molar-refractivity contribution in [2.45, 2.75) is 29.0 Å². The number of Topliss-reactive ketones (excluding diaryl/α,β-unsaturated/α-hetero) is 1. The van der Waals surface area contributed by atoms with Crippen molar-refractivity contribution in [1.82, 2.24) is 10.0 Å². The molecule has 36 heavy (non-hydrogen) atoms. The second-order valence-electron chi connectivity index (χ2n) is 9.35. The molecule has 5 rings (SSSR count). The standard InChI is InChI=1S/C25H21Br2N3O6/c1-12(22(31)13-5-3-2-4-6-13)28(23(32)14-7-9-15(10-8-14)30(35)36)29-24(33)18-16-11-17(19(18)25(29)34)21(27)20(16)26/h2-10,12,16-21H,11H2,1H3/t12-,16-,17-,18-,19+,20+,21+/m1/s1. The molecule has 11 heteroatoms. The topological polar surface area (TPSA) is 118 Å². The average molecular weight is 619 g/mol. The minimum atomic E-state index is -1.18. The van der Waals surface area contributed by atoms with Crippen LogP contribution >= 0.6 is 31.9 Å². The third kappa shape index (κ3) is 3.71. The molecular formula is C25H21Br2N3O6. The first-order valence-electron chi connectivity index (χ1n) is 11.5. The molecule has 2 aliphatic carbocycles. The van der Waals surface area contributed by atoms with E-state index in [1.54, 1.807) is 30.3 Å². The Morgan fingerprint density at radius 3 is 1.97 bits per heavy atom. The van der Waals surface area contributed by atoms with Crippen LogP contribution in [0.3, 0.4) is 0 Å². The lowest BCUT2D eigenvalue weighted by Crippen LogP contribution is -2.56. The number of fused-ring (bicyclic) bond motifs is 5. The van der Waals surface area contributed by atoms with Crippen LogP contribution < -0.4 is 0 Å². The predicted octanol–water partition coefficient (Wildman–Crippen LogP) is 4.00. The number of alkyl halides is 2. The maximum atomic E-state index is 13.7. The summed E-state index contributed by atoms with van der Waals surface area (Å²) in [6.07, 6.45) is 0.723. The number of imide groups is 1. The highest BCUT2D eigenvalue weighted by Gasteiger charge is 2.68. The fourth-order valence-electron chi connectivity index (χ4n) is 5.80. The number of non-ortho nitro benzene ring substituents is 1. The minimum Gasteiger partial charge on any atom is -0.292 e. The van der Waals surface area contributed by atoms with Crippen molar-refractivity contribution in [3.8, 4) is 0 Å². The number of hydrazine groups is 1. The number of nitrogens with zero attached hydrogens (tertiary/aromatic N) is 3. The highest BCUT2D eigenvalue weighted by atomic mass is 79.9. The molecule has 186 valence electrons. The summed E-state index contributed by atoms with van der Waals surface area (Å²) in [5, 5.41) is 12.8. The second kappa shape index (κ2) is 9.19. The molecular weight excluding hydrogens is 598 g/mol. The van der Waals surface area contributed by atoms with Gasteiger partial charge in [0.05, 0.1) is 16.8 Å². The Bertz CT molecular complexity index is 1240. The van der Waals surface area contributed by atoms with Crippen molar-refractivity contribution in [3.63, 3.8) is 0 Å². The molecule has 1 aliphatic heterocycles. The SMILES string of the molecule is C[C@H](C(=O)c1ccccc1)N(C(=O)c1ccc([N+](=O)[O-])cc1)N1C(=O)[C@@H]2[C@H]3C[C@@H]([C@H](Br)[C@H]3Br)[C@@H]2C1=O. The molecule has 0 spiro atoms. The molecule has 2 aromatic carbocycles. The summed E-state index contributed by atoms with van der Waals surface area (Å²) < 4.78 is 0. The van der Waals surface area contributed by atoms with Crippen LogP contribution in [0.2, 0.25) is 0 Å². The van der Waals surface area contributed by atoms with Gasteiger partial charge in [-0.3, -0.25) is 29.3 Å². The van der Waals surface area contributed by atoms with Crippen LogP contribution in [0.1, 0.15) is 34.1 Å². The maximum Gasteiger partial charge on any atom is 0.273 e. The summed E-state index contributed by atoms with van der Waals surface area (Å²) in [6.45, 7) is 1.47. The minimum absolute atomic E-state index is 0.0163. The first-order valence-corrected chi connectivity index (χ1v) is 13.3. The number of halogens is 2. The number of rotatable bonds is 6. The van der Waals surface area contributed by atoms with Crippen LogP contribution in [0, 0.1) is 33.8 Å². The molecule has 3 amide bonds. The number of benzene rings is 2. The van der Waals surface area contributed by atoms with Gasteiger partial charge in [-0.05, 0) is 37.3 Å². The lowest BCUT2D eigenvalue weighted by Gasteiger charge is -2.35. The van der Waals surface area contributed by atoms with Gasteiger partial charge in [-0.1, -0.05) is 62.2 Å². The molecule has 9 nitrogen and oxygen atoms in total. The van der Waals surface area contributed by atoms with E-state index in [4.69, 9.17) is 0 Å². The zero-order valence-electron chi connectivity index (χ0n) is 19.0. The van der Waals surface area contributed by atoms with Crippen LogP contribution in [0.25, 0.3) is 0 Å². The molecule has 1 heterocycles. The fraction of sp³-hybridized carbons (Fsp3) is 0.360. The maximum absolute atomic E-state index is 13.7. The number of amides is 3. The van der Waals surface area contributed by atoms with Crippen LogP contribution in [0.4, 0.5) is 5.69 Å². The van der Waals surface area contributed by atoms with Gasteiger partial charge in [-0.15, -0.1) is 0 Å². The summed E-state index contributed by atoms with van der Waals surface area (Å²) in [4.78, 5) is 65.0. The summed E-state index contributed by atoms with van der Waals surface area (Å²) >= 11 is 7.30. The van der Waals surface area contributed by atoms with Crippen LogP contribution in [0.15, 0.2) is 54.6 Å². The summed E-state index contributed by atoms with van der Waals surface area (Å²) in [7, 11) is 0. The van der Waals surface area contributed by atoms with Gasteiger partial charge in [0.1, 0.15) is 6.04 Å². The van der Waals surface area contributed by atoms with Gasteiger partial charge in [0.15, 0.2) is 5.78 Å². The van der Waals surface area contributed by atoms with Crippen molar-refractivity contribution in [2.75, 3.05) is 0 Å². The van der Waals surface area contributed by atoms with E-state index < -0.39 is 46.3 Å². The Hall–Kier alpha value is -2.92. The molecule has 0 radical (unpaired) electrons. The largest absolute Gasteiger partial charge is 0.292 e. The Balaban J connectivity index is 1.55. The highest BCUT2D eigenvalue weighted by Crippen LogP contribution is 2.60. The van der Waals surface area contributed by atoms with E-state index in [2.05, 4.69) is 31.9 Å². The smallest absolute Gasteiger partial charge is 0.273 e. The number of nitro groups is 1. The Labute approximate surface area is 223 Å². The number of carbonyl (C=O) groups is 4. The predicted molar refractivity (Wildman–Crippen MR) is 135 cm³/mol. The van der Waals surface area contributed by atoms with Crippen molar-refractivity contribution in [2.24, 2.45) is 23.7 Å². The lowest BCUT2D eigenvalue weighted by atomic mass is 9.81. The van der Waals surface area contributed by atoms with Crippen molar-refractivity contribution < 1.29 is 24.1 Å².